The lowest BCUT2D eigenvalue weighted by Crippen LogP contribution is -2.34. The van der Waals surface area contributed by atoms with E-state index < -0.39 is 0 Å². The summed E-state index contributed by atoms with van der Waals surface area (Å²) in [5.41, 5.74) is 4.92. The molecule has 1 amide bonds. The summed E-state index contributed by atoms with van der Waals surface area (Å²) in [4.78, 5) is 21.7. The maximum Gasteiger partial charge on any atom is 0.254 e. The summed E-state index contributed by atoms with van der Waals surface area (Å²) in [5.74, 6) is 0.112. The van der Waals surface area contributed by atoms with E-state index in [1.54, 1.807) is 0 Å². The molecular weight excluding hydrogens is 322 g/mol. The molecule has 1 rings (SSSR count). The van der Waals surface area contributed by atoms with Crippen LogP contribution >= 0.6 is 0 Å². The number of carbonyl (C=O) groups is 1. The average molecular weight is 358 g/mol. The topological polar surface area (TPSA) is 35.9 Å². The van der Waals surface area contributed by atoms with Gasteiger partial charge in [0.2, 0.25) is 0 Å². The molecule has 0 aliphatic carbocycles. The van der Waals surface area contributed by atoms with Crippen molar-refractivity contribution in [2.75, 3.05) is 26.7 Å². The first kappa shape index (κ1) is 21.9. The molecule has 0 saturated carbocycles. The Morgan fingerprint density at radius 1 is 1.19 bits per heavy atom. The van der Waals surface area contributed by atoms with Crippen molar-refractivity contribution in [1.82, 2.24) is 9.80 Å². The standard InChI is InChI=1S/C22H35N3O/c1-8-11-12-25(15-17(4)9-2)22(26)20-13-19(6)21(14-18(20)5)23-16-24(7)10-3/h9,13-14,16H,8,10-12,15H2,1-7H3/b17-9+,23-16?. The van der Waals surface area contributed by atoms with Gasteiger partial charge in [-0.2, -0.15) is 0 Å². The van der Waals surface area contributed by atoms with Gasteiger partial charge in [-0.05, 0) is 64.3 Å². The van der Waals surface area contributed by atoms with Crippen LogP contribution < -0.4 is 0 Å². The quantitative estimate of drug-likeness (QED) is 0.349. The number of amides is 1. The molecule has 0 saturated heterocycles. The predicted octanol–water partition coefficient (Wildman–Crippen LogP) is 5.12. The Hall–Kier alpha value is -2.10. The minimum absolute atomic E-state index is 0.112. The van der Waals surface area contributed by atoms with Gasteiger partial charge in [0, 0.05) is 32.2 Å². The summed E-state index contributed by atoms with van der Waals surface area (Å²) in [5, 5.41) is 0. The largest absolute Gasteiger partial charge is 0.366 e. The van der Waals surface area contributed by atoms with Crippen LogP contribution in [-0.4, -0.2) is 48.7 Å². The molecule has 0 spiro atoms. The molecule has 4 heteroatoms. The molecule has 0 atom stereocenters. The van der Waals surface area contributed by atoms with Crippen LogP contribution in [0, 0.1) is 13.8 Å². The second kappa shape index (κ2) is 10.8. The van der Waals surface area contributed by atoms with Crippen molar-refractivity contribution in [2.45, 2.75) is 54.4 Å². The molecule has 26 heavy (non-hydrogen) atoms. The van der Waals surface area contributed by atoms with Crippen LogP contribution in [-0.2, 0) is 0 Å². The van der Waals surface area contributed by atoms with Crippen molar-refractivity contribution in [2.24, 2.45) is 4.99 Å². The van der Waals surface area contributed by atoms with Crippen molar-refractivity contribution < 1.29 is 4.79 Å². The average Bonchev–Trinajstić information content (AvgIpc) is 2.64. The number of benzene rings is 1. The van der Waals surface area contributed by atoms with Crippen molar-refractivity contribution >= 4 is 17.9 Å². The van der Waals surface area contributed by atoms with Crippen molar-refractivity contribution in [3.8, 4) is 0 Å². The Kier molecular flexibility index (Phi) is 9.11. The summed E-state index contributed by atoms with van der Waals surface area (Å²) in [6.07, 6.45) is 6.01. The fourth-order valence-electron chi connectivity index (χ4n) is 2.58. The molecule has 0 fully saturated rings. The number of rotatable bonds is 9. The normalized spacial score (nSPS) is 11.9. The second-order valence-electron chi connectivity index (χ2n) is 6.99. The second-order valence-corrected chi connectivity index (χ2v) is 6.99. The highest BCUT2D eigenvalue weighted by atomic mass is 16.2. The number of aryl methyl sites for hydroxylation is 2. The van der Waals surface area contributed by atoms with Crippen LogP contribution in [0.2, 0.25) is 0 Å². The molecule has 0 unspecified atom stereocenters. The highest BCUT2D eigenvalue weighted by Crippen LogP contribution is 2.24. The van der Waals surface area contributed by atoms with Gasteiger partial charge in [0.05, 0.1) is 12.0 Å². The number of unbranched alkanes of at least 4 members (excludes halogenated alkanes) is 1. The zero-order valence-electron chi connectivity index (χ0n) is 17.6. The van der Waals surface area contributed by atoms with Crippen LogP contribution in [0.4, 0.5) is 5.69 Å². The lowest BCUT2D eigenvalue weighted by atomic mass is 10.0. The minimum Gasteiger partial charge on any atom is -0.366 e. The number of hydrogen-bond donors (Lipinski definition) is 0. The summed E-state index contributed by atoms with van der Waals surface area (Å²) in [6.45, 7) is 14.7. The SMILES string of the molecule is C/C=C(\C)CN(CCCC)C(=O)c1cc(C)c(N=CN(C)CC)cc1C. The van der Waals surface area contributed by atoms with E-state index in [-0.39, 0.29) is 5.91 Å². The van der Waals surface area contributed by atoms with Crippen LogP contribution in [0.5, 0.6) is 0 Å². The number of carbonyl (C=O) groups excluding carboxylic acids is 1. The van der Waals surface area contributed by atoms with E-state index in [0.29, 0.717) is 6.54 Å². The molecule has 0 radical (unpaired) electrons. The van der Waals surface area contributed by atoms with Gasteiger partial charge >= 0.3 is 0 Å². The highest BCUT2D eigenvalue weighted by molar-refractivity contribution is 5.96. The van der Waals surface area contributed by atoms with E-state index in [2.05, 4.69) is 31.8 Å². The first-order chi connectivity index (χ1) is 12.3. The van der Waals surface area contributed by atoms with Crippen LogP contribution in [0.15, 0.2) is 28.8 Å². The van der Waals surface area contributed by atoms with E-state index in [9.17, 15) is 4.79 Å². The van der Waals surface area contributed by atoms with Gasteiger partial charge in [-0.1, -0.05) is 25.0 Å². The van der Waals surface area contributed by atoms with Gasteiger partial charge in [0.25, 0.3) is 5.91 Å². The Morgan fingerprint density at radius 2 is 1.88 bits per heavy atom. The number of nitrogens with zero attached hydrogens (tertiary/aromatic N) is 3. The Morgan fingerprint density at radius 3 is 2.46 bits per heavy atom. The molecule has 1 aromatic carbocycles. The number of hydrogen-bond acceptors (Lipinski definition) is 2. The number of allylic oxidation sites excluding steroid dienone is 1. The maximum absolute atomic E-state index is 13.2. The van der Waals surface area contributed by atoms with Gasteiger partial charge in [0.15, 0.2) is 0 Å². The first-order valence-corrected chi connectivity index (χ1v) is 9.60. The third kappa shape index (κ3) is 6.32. The molecule has 0 aromatic heterocycles. The molecular formula is C22H35N3O. The summed E-state index contributed by atoms with van der Waals surface area (Å²) < 4.78 is 0. The van der Waals surface area contributed by atoms with Crippen molar-refractivity contribution in [3.63, 3.8) is 0 Å². The minimum atomic E-state index is 0.112. The smallest absolute Gasteiger partial charge is 0.254 e. The van der Waals surface area contributed by atoms with Gasteiger partial charge < -0.3 is 9.80 Å². The van der Waals surface area contributed by atoms with E-state index in [1.165, 1.54) is 5.57 Å². The molecule has 1 aromatic rings. The Labute approximate surface area is 159 Å². The van der Waals surface area contributed by atoms with E-state index >= 15 is 0 Å². The molecule has 4 nitrogen and oxygen atoms in total. The van der Waals surface area contributed by atoms with Gasteiger partial charge in [0.1, 0.15) is 0 Å². The third-order valence-corrected chi connectivity index (χ3v) is 4.67. The Balaban J connectivity index is 3.12. The van der Waals surface area contributed by atoms with Gasteiger partial charge in [-0.25, -0.2) is 4.99 Å². The number of aliphatic imine (C=N–C) groups is 1. The molecule has 0 heterocycles. The summed E-state index contributed by atoms with van der Waals surface area (Å²) >= 11 is 0. The van der Waals surface area contributed by atoms with Gasteiger partial charge in [-0.15, -0.1) is 0 Å². The molecule has 144 valence electrons. The lowest BCUT2D eigenvalue weighted by Gasteiger charge is -2.24. The van der Waals surface area contributed by atoms with E-state index in [4.69, 9.17) is 0 Å². The lowest BCUT2D eigenvalue weighted by molar-refractivity contribution is 0.0767. The molecule has 0 bridgehead atoms. The fraction of sp³-hybridized carbons (Fsp3) is 0.545. The monoisotopic (exact) mass is 357 g/mol. The molecule has 0 aliphatic heterocycles. The zero-order valence-corrected chi connectivity index (χ0v) is 17.6. The van der Waals surface area contributed by atoms with Crippen LogP contribution in [0.3, 0.4) is 0 Å². The Bertz CT molecular complexity index is 662. The maximum atomic E-state index is 13.2. The predicted molar refractivity (Wildman–Crippen MR) is 113 cm³/mol. The van der Waals surface area contributed by atoms with Crippen molar-refractivity contribution in [3.05, 3.63) is 40.5 Å². The van der Waals surface area contributed by atoms with E-state index in [1.807, 2.05) is 56.1 Å². The summed E-state index contributed by atoms with van der Waals surface area (Å²) in [7, 11) is 2.00. The molecule has 0 N–H and O–H groups in total. The van der Waals surface area contributed by atoms with Crippen LogP contribution in [0.25, 0.3) is 0 Å². The zero-order chi connectivity index (χ0) is 19.7. The van der Waals surface area contributed by atoms with Crippen molar-refractivity contribution in [1.29, 1.82) is 0 Å². The van der Waals surface area contributed by atoms with Crippen LogP contribution in [0.1, 0.15) is 62.0 Å². The third-order valence-electron chi connectivity index (χ3n) is 4.67. The first-order valence-electron chi connectivity index (χ1n) is 9.60. The highest BCUT2D eigenvalue weighted by Gasteiger charge is 2.18. The fourth-order valence-corrected chi connectivity index (χ4v) is 2.58. The molecule has 0 aliphatic rings. The van der Waals surface area contributed by atoms with Gasteiger partial charge in [-0.3, -0.25) is 4.79 Å². The summed E-state index contributed by atoms with van der Waals surface area (Å²) in [6, 6.07) is 4.00. The van der Waals surface area contributed by atoms with E-state index in [0.717, 1.165) is 48.3 Å².